The van der Waals surface area contributed by atoms with Crippen LogP contribution in [0.5, 0.6) is 0 Å². The Labute approximate surface area is 188 Å². The number of nitrogens with zero attached hydrogens (tertiary/aromatic N) is 5. The van der Waals surface area contributed by atoms with E-state index in [1.165, 1.54) is 0 Å². The molecule has 0 radical (unpaired) electrons. The van der Waals surface area contributed by atoms with Crippen LogP contribution in [-0.4, -0.2) is 49.6 Å². The third kappa shape index (κ3) is 3.99. The fraction of sp³-hybridized carbons (Fsp3) is 0.261. The molecule has 5 rings (SSSR count). The number of carbonyl (C=O) groups excluding carboxylic acids is 2. The van der Waals surface area contributed by atoms with Gasteiger partial charge in [0.25, 0.3) is 0 Å². The molecule has 0 spiro atoms. The first-order valence-corrected chi connectivity index (χ1v) is 11.4. The number of anilines is 1. The lowest BCUT2D eigenvalue weighted by molar-refractivity contribution is -0.132. The molecule has 162 valence electrons. The van der Waals surface area contributed by atoms with E-state index >= 15 is 0 Å². The van der Waals surface area contributed by atoms with Crippen molar-refractivity contribution >= 4 is 34.5 Å². The van der Waals surface area contributed by atoms with Gasteiger partial charge in [0.05, 0.1) is 10.6 Å². The molecule has 1 aromatic carbocycles. The number of benzene rings is 1. The average Bonchev–Trinajstić information content (AvgIpc) is 3.49. The third-order valence-electron chi connectivity index (χ3n) is 5.76. The number of hydrogen-bond acceptors (Lipinski definition) is 6. The molecule has 0 bridgehead atoms. The number of hydrogen-bond donors (Lipinski definition) is 1. The van der Waals surface area contributed by atoms with Gasteiger partial charge in [0.1, 0.15) is 0 Å². The number of amides is 2. The van der Waals surface area contributed by atoms with Crippen molar-refractivity contribution < 1.29 is 9.59 Å². The highest BCUT2D eigenvalue weighted by Gasteiger charge is 2.26. The van der Waals surface area contributed by atoms with E-state index in [9.17, 15) is 9.59 Å². The van der Waals surface area contributed by atoms with E-state index in [4.69, 9.17) is 5.10 Å². The van der Waals surface area contributed by atoms with Gasteiger partial charge in [-0.2, -0.15) is 9.61 Å². The molecule has 4 aromatic rings. The van der Waals surface area contributed by atoms with Crippen LogP contribution in [0.3, 0.4) is 0 Å². The molecule has 0 atom stereocenters. The summed E-state index contributed by atoms with van der Waals surface area (Å²) >= 11 is 1.60. The molecule has 0 unspecified atom stereocenters. The van der Waals surface area contributed by atoms with Gasteiger partial charge in [-0.25, -0.2) is 0 Å². The molecule has 3 aromatic heterocycles. The van der Waals surface area contributed by atoms with Crippen LogP contribution in [0.1, 0.15) is 19.8 Å². The number of piperidine rings is 1. The van der Waals surface area contributed by atoms with Crippen molar-refractivity contribution in [3.63, 3.8) is 0 Å². The van der Waals surface area contributed by atoms with Crippen molar-refractivity contribution in [1.82, 2.24) is 24.7 Å². The predicted octanol–water partition coefficient (Wildman–Crippen LogP) is 3.72. The Hall–Kier alpha value is -3.59. The van der Waals surface area contributed by atoms with E-state index < -0.39 is 0 Å². The summed E-state index contributed by atoms with van der Waals surface area (Å²) in [6.45, 7) is 2.84. The summed E-state index contributed by atoms with van der Waals surface area (Å²) in [5.41, 5.74) is 3.17. The van der Waals surface area contributed by atoms with E-state index in [1.807, 2.05) is 53.9 Å². The zero-order valence-electron chi connectivity index (χ0n) is 17.6. The number of carbonyl (C=O) groups is 2. The number of thiophene rings is 1. The van der Waals surface area contributed by atoms with Crippen molar-refractivity contribution in [2.24, 2.45) is 5.92 Å². The molecule has 9 heteroatoms. The van der Waals surface area contributed by atoms with Crippen LogP contribution in [-0.2, 0) is 9.59 Å². The average molecular weight is 447 g/mol. The summed E-state index contributed by atoms with van der Waals surface area (Å²) in [4.78, 5) is 26.9. The van der Waals surface area contributed by atoms with Gasteiger partial charge in [-0.15, -0.1) is 21.5 Å². The van der Waals surface area contributed by atoms with Gasteiger partial charge < -0.3 is 10.2 Å². The second kappa shape index (κ2) is 8.51. The first-order chi connectivity index (χ1) is 15.6. The summed E-state index contributed by atoms with van der Waals surface area (Å²) in [6, 6.07) is 15.4. The highest BCUT2D eigenvalue weighted by Crippen LogP contribution is 2.26. The number of aromatic nitrogens is 4. The normalized spacial score (nSPS) is 14.6. The maximum Gasteiger partial charge on any atom is 0.227 e. The fourth-order valence-corrected chi connectivity index (χ4v) is 4.62. The van der Waals surface area contributed by atoms with Crippen LogP contribution in [0, 0.1) is 5.92 Å². The molecule has 4 heterocycles. The van der Waals surface area contributed by atoms with Crippen molar-refractivity contribution in [3.8, 4) is 22.0 Å². The zero-order chi connectivity index (χ0) is 22.1. The Kier molecular flexibility index (Phi) is 5.40. The largest absolute Gasteiger partial charge is 0.343 e. The Morgan fingerprint density at radius 3 is 2.50 bits per heavy atom. The second-order valence-corrected chi connectivity index (χ2v) is 8.78. The van der Waals surface area contributed by atoms with Gasteiger partial charge >= 0.3 is 0 Å². The molecule has 0 aliphatic carbocycles. The molecule has 1 aliphatic heterocycles. The molecule has 1 N–H and O–H groups in total. The number of fused-ring (bicyclic) bond motifs is 1. The number of nitrogens with one attached hydrogen (secondary N) is 1. The van der Waals surface area contributed by atoms with Crippen molar-refractivity contribution in [1.29, 1.82) is 0 Å². The summed E-state index contributed by atoms with van der Waals surface area (Å²) in [6.07, 6.45) is 1.39. The lowest BCUT2D eigenvalue weighted by Gasteiger charge is -2.30. The Morgan fingerprint density at radius 2 is 1.81 bits per heavy atom. The highest BCUT2D eigenvalue weighted by molar-refractivity contribution is 7.13. The van der Waals surface area contributed by atoms with Gasteiger partial charge in [0, 0.05) is 37.2 Å². The minimum Gasteiger partial charge on any atom is -0.343 e. The molecule has 32 heavy (non-hydrogen) atoms. The van der Waals surface area contributed by atoms with E-state index in [0.29, 0.717) is 31.6 Å². The number of rotatable bonds is 4. The first-order valence-electron chi connectivity index (χ1n) is 10.5. The zero-order valence-corrected chi connectivity index (χ0v) is 18.4. The summed E-state index contributed by atoms with van der Waals surface area (Å²) in [5.74, 6) is 0.723. The van der Waals surface area contributed by atoms with Crippen LogP contribution in [0.25, 0.3) is 27.6 Å². The molecular weight excluding hydrogens is 424 g/mol. The minimum absolute atomic E-state index is 0.00516. The number of likely N-dealkylation sites (tertiary alicyclic amines) is 1. The smallest absolute Gasteiger partial charge is 0.227 e. The van der Waals surface area contributed by atoms with Crippen LogP contribution in [0.4, 0.5) is 5.69 Å². The van der Waals surface area contributed by atoms with Crippen LogP contribution < -0.4 is 5.32 Å². The van der Waals surface area contributed by atoms with Crippen LogP contribution >= 0.6 is 11.3 Å². The van der Waals surface area contributed by atoms with E-state index in [2.05, 4.69) is 15.5 Å². The van der Waals surface area contributed by atoms with E-state index in [1.54, 1.807) is 27.7 Å². The Bertz CT molecular complexity index is 1260. The van der Waals surface area contributed by atoms with Gasteiger partial charge in [-0.05, 0) is 48.6 Å². The maximum absolute atomic E-state index is 12.6. The van der Waals surface area contributed by atoms with E-state index in [-0.39, 0.29) is 17.7 Å². The monoisotopic (exact) mass is 446 g/mol. The van der Waals surface area contributed by atoms with Gasteiger partial charge in [0.2, 0.25) is 11.8 Å². The quantitative estimate of drug-likeness (QED) is 0.516. The highest BCUT2D eigenvalue weighted by atomic mass is 32.1. The van der Waals surface area contributed by atoms with Gasteiger partial charge in [0.15, 0.2) is 11.5 Å². The summed E-state index contributed by atoms with van der Waals surface area (Å²) in [7, 11) is 0. The van der Waals surface area contributed by atoms with Crippen molar-refractivity contribution in [2.45, 2.75) is 19.8 Å². The Morgan fingerprint density at radius 1 is 1.03 bits per heavy atom. The van der Waals surface area contributed by atoms with E-state index in [0.717, 1.165) is 27.6 Å². The van der Waals surface area contributed by atoms with Crippen molar-refractivity contribution in [2.75, 3.05) is 18.4 Å². The minimum atomic E-state index is -0.0706. The predicted molar refractivity (Wildman–Crippen MR) is 123 cm³/mol. The lowest BCUT2D eigenvalue weighted by Crippen LogP contribution is -2.40. The first kappa shape index (κ1) is 20.3. The van der Waals surface area contributed by atoms with Gasteiger partial charge in [-0.1, -0.05) is 18.2 Å². The molecule has 2 amide bonds. The summed E-state index contributed by atoms with van der Waals surface area (Å²) < 4.78 is 1.75. The molecule has 1 saturated heterocycles. The van der Waals surface area contributed by atoms with Crippen LogP contribution in [0.15, 0.2) is 53.9 Å². The summed E-state index contributed by atoms with van der Waals surface area (Å²) in [5, 5.41) is 18.2. The Balaban J connectivity index is 1.30. The van der Waals surface area contributed by atoms with Crippen molar-refractivity contribution in [3.05, 3.63) is 53.9 Å². The molecular formula is C23H22N6O2S. The fourth-order valence-electron chi connectivity index (χ4n) is 3.93. The second-order valence-electron chi connectivity index (χ2n) is 7.84. The molecule has 0 saturated carbocycles. The lowest BCUT2D eigenvalue weighted by atomic mass is 9.95. The third-order valence-corrected chi connectivity index (χ3v) is 6.63. The van der Waals surface area contributed by atoms with Crippen LogP contribution in [0.2, 0.25) is 0 Å². The topological polar surface area (TPSA) is 92.5 Å². The van der Waals surface area contributed by atoms with Gasteiger partial charge in [-0.3, -0.25) is 9.59 Å². The standard InChI is InChI=1S/C23H22N6O2S/c1-15(30)28-12-10-17(11-13-28)23(31)24-18-6-4-16(5-7-18)19-8-9-21-25-26-22(29(21)27-19)20-3-2-14-32-20/h2-9,14,17H,10-13H2,1H3,(H,24,31). The SMILES string of the molecule is CC(=O)N1CCC(C(=O)Nc2ccc(-c3ccc4nnc(-c5cccs5)n4n3)cc2)CC1. The molecule has 1 aliphatic rings. The molecule has 8 nitrogen and oxygen atoms in total. The maximum atomic E-state index is 12.6. The molecule has 1 fully saturated rings.